The molecule has 0 spiro atoms. The Morgan fingerprint density at radius 3 is 2.76 bits per heavy atom. The molecule has 0 aromatic carbocycles. The molecule has 0 unspecified atom stereocenters. The highest BCUT2D eigenvalue weighted by molar-refractivity contribution is 9.10. The summed E-state index contributed by atoms with van der Waals surface area (Å²) < 4.78 is 11.1. The van der Waals surface area contributed by atoms with E-state index in [4.69, 9.17) is 14.4 Å². The second-order valence-corrected chi connectivity index (χ2v) is 5.54. The van der Waals surface area contributed by atoms with Crippen molar-refractivity contribution in [2.75, 3.05) is 45.9 Å². The zero-order valence-electron chi connectivity index (χ0n) is 11.8. The van der Waals surface area contributed by atoms with Gasteiger partial charge in [-0.05, 0) is 28.1 Å². The molecule has 1 fully saturated rings. The van der Waals surface area contributed by atoms with E-state index in [-0.39, 0.29) is 5.91 Å². The molecular weight excluding hydrogens is 338 g/mol. The lowest BCUT2D eigenvalue weighted by molar-refractivity contribution is 0.0322. The van der Waals surface area contributed by atoms with Crippen molar-refractivity contribution < 1.29 is 13.9 Å². The SMILES string of the molecule is N#CCCN(CCN1CCOCC1)C(=O)c1ccc(Br)o1. The van der Waals surface area contributed by atoms with Gasteiger partial charge in [0.25, 0.3) is 5.91 Å². The number of halogens is 1. The maximum Gasteiger partial charge on any atom is 0.289 e. The van der Waals surface area contributed by atoms with Crippen LogP contribution < -0.4 is 0 Å². The van der Waals surface area contributed by atoms with E-state index in [0.717, 1.165) is 32.8 Å². The predicted molar refractivity (Wildman–Crippen MR) is 79.8 cm³/mol. The fourth-order valence-electron chi connectivity index (χ4n) is 2.17. The molecule has 0 bridgehead atoms. The molecule has 0 atom stereocenters. The third-order valence-electron chi connectivity index (χ3n) is 3.35. The number of carbonyl (C=O) groups excluding carboxylic acids is 1. The molecule has 1 aromatic rings. The van der Waals surface area contributed by atoms with Crippen molar-refractivity contribution in [2.45, 2.75) is 6.42 Å². The Morgan fingerprint density at radius 1 is 1.38 bits per heavy atom. The van der Waals surface area contributed by atoms with E-state index in [1.54, 1.807) is 17.0 Å². The van der Waals surface area contributed by atoms with Crippen molar-refractivity contribution in [1.82, 2.24) is 9.80 Å². The van der Waals surface area contributed by atoms with Gasteiger partial charge < -0.3 is 14.1 Å². The lowest BCUT2D eigenvalue weighted by Gasteiger charge is -2.29. The van der Waals surface area contributed by atoms with Crippen LogP contribution in [0.25, 0.3) is 0 Å². The first-order valence-corrected chi connectivity index (χ1v) is 7.71. The smallest absolute Gasteiger partial charge is 0.289 e. The lowest BCUT2D eigenvalue weighted by Crippen LogP contribution is -2.43. The Kier molecular flexibility index (Phi) is 6.23. The van der Waals surface area contributed by atoms with Crippen molar-refractivity contribution in [3.05, 3.63) is 22.6 Å². The molecule has 0 radical (unpaired) electrons. The Bertz CT molecular complexity index is 506. The van der Waals surface area contributed by atoms with Gasteiger partial charge in [-0.3, -0.25) is 9.69 Å². The molecule has 21 heavy (non-hydrogen) atoms. The molecule has 114 valence electrons. The molecule has 0 aliphatic carbocycles. The van der Waals surface area contributed by atoms with E-state index in [0.29, 0.717) is 29.9 Å². The Morgan fingerprint density at radius 2 is 2.14 bits per heavy atom. The molecule has 1 aliphatic rings. The molecule has 2 rings (SSSR count). The number of morpholine rings is 1. The third-order valence-corrected chi connectivity index (χ3v) is 3.78. The van der Waals surface area contributed by atoms with Gasteiger partial charge in [-0.25, -0.2) is 0 Å². The van der Waals surface area contributed by atoms with Gasteiger partial charge in [0.05, 0.1) is 25.7 Å². The molecule has 0 saturated carbocycles. The summed E-state index contributed by atoms with van der Waals surface area (Å²) in [6, 6.07) is 5.41. The fraction of sp³-hybridized carbons (Fsp3) is 0.571. The van der Waals surface area contributed by atoms with Gasteiger partial charge in [0.1, 0.15) is 0 Å². The number of nitriles is 1. The van der Waals surface area contributed by atoms with Gasteiger partial charge in [-0.2, -0.15) is 5.26 Å². The maximum absolute atomic E-state index is 12.4. The monoisotopic (exact) mass is 355 g/mol. The average Bonchev–Trinajstić information content (AvgIpc) is 2.94. The number of nitrogens with zero attached hydrogens (tertiary/aromatic N) is 3. The second kappa shape index (κ2) is 8.17. The summed E-state index contributed by atoms with van der Waals surface area (Å²) in [7, 11) is 0. The topological polar surface area (TPSA) is 69.7 Å². The van der Waals surface area contributed by atoms with Crippen LogP contribution in [-0.2, 0) is 4.74 Å². The van der Waals surface area contributed by atoms with E-state index in [2.05, 4.69) is 26.9 Å². The first-order valence-electron chi connectivity index (χ1n) is 6.92. The van der Waals surface area contributed by atoms with Gasteiger partial charge in [0, 0.05) is 32.7 Å². The van der Waals surface area contributed by atoms with Gasteiger partial charge in [0.2, 0.25) is 0 Å². The van der Waals surface area contributed by atoms with Crippen molar-refractivity contribution in [3.8, 4) is 6.07 Å². The van der Waals surface area contributed by atoms with Crippen LogP contribution in [-0.4, -0.2) is 61.6 Å². The van der Waals surface area contributed by atoms with E-state index in [1.807, 2.05) is 0 Å². The zero-order valence-corrected chi connectivity index (χ0v) is 13.3. The number of amides is 1. The van der Waals surface area contributed by atoms with Crippen molar-refractivity contribution in [2.24, 2.45) is 0 Å². The van der Waals surface area contributed by atoms with Crippen LogP contribution in [0.5, 0.6) is 0 Å². The van der Waals surface area contributed by atoms with Crippen LogP contribution >= 0.6 is 15.9 Å². The van der Waals surface area contributed by atoms with E-state index in [9.17, 15) is 4.79 Å². The maximum atomic E-state index is 12.4. The van der Waals surface area contributed by atoms with Crippen LogP contribution in [0.4, 0.5) is 0 Å². The molecule has 6 nitrogen and oxygen atoms in total. The predicted octanol–water partition coefficient (Wildman–Crippen LogP) is 1.73. The standard InChI is InChI=1S/C14H18BrN3O3/c15-13-3-2-12(21-13)14(19)18(5-1-4-16)7-6-17-8-10-20-11-9-17/h2-3H,1,5-11H2. The minimum absolute atomic E-state index is 0.177. The van der Waals surface area contributed by atoms with Crippen LogP contribution in [0.2, 0.25) is 0 Å². The second-order valence-electron chi connectivity index (χ2n) is 4.76. The minimum Gasteiger partial charge on any atom is -0.444 e. The van der Waals surface area contributed by atoms with Gasteiger partial charge in [-0.1, -0.05) is 0 Å². The fourth-order valence-corrected chi connectivity index (χ4v) is 2.48. The van der Waals surface area contributed by atoms with Gasteiger partial charge in [0.15, 0.2) is 10.4 Å². The summed E-state index contributed by atoms with van der Waals surface area (Å²) in [5.74, 6) is 0.117. The van der Waals surface area contributed by atoms with E-state index >= 15 is 0 Å². The highest BCUT2D eigenvalue weighted by atomic mass is 79.9. The largest absolute Gasteiger partial charge is 0.444 e. The summed E-state index contributed by atoms with van der Waals surface area (Å²) in [5.41, 5.74) is 0. The summed E-state index contributed by atoms with van der Waals surface area (Å²) in [5, 5.41) is 8.74. The summed E-state index contributed by atoms with van der Waals surface area (Å²) in [6.07, 6.45) is 0.316. The molecule has 1 aliphatic heterocycles. The summed E-state index contributed by atoms with van der Waals surface area (Å²) in [6.45, 7) is 5.01. The van der Waals surface area contributed by atoms with Gasteiger partial charge >= 0.3 is 0 Å². The first-order chi connectivity index (χ1) is 10.2. The van der Waals surface area contributed by atoms with Crippen LogP contribution in [0.1, 0.15) is 17.0 Å². The molecule has 0 N–H and O–H groups in total. The first kappa shape index (κ1) is 16.0. The average molecular weight is 356 g/mol. The minimum atomic E-state index is -0.177. The highest BCUT2D eigenvalue weighted by Gasteiger charge is 2.20. The Hall–Kier alpha value is -1.36. The third kappa shape index (κ3) is 4.84. The Balaban J connectivity index is 1.93. The Labute approximate surface area is 132 Å². The molecular formula is C14H18BrN3O3. The van der Waals surface area contributed by atoms with Crippen LogP contribution in [0.15, 0.2) is 21.2 Å². The van der Waals surface area contributed by atoms with Crippen molar-refractivity contribution >= 4 is 21.8 Å². The van der Waals surface area contributed by atoms with E-state index < -0.39 is 0 Å². The number of furan rings is 1. The number of hydrogen-bond acceptors (Lipinski definition) is 5. The molecule has 1 amide bonds. The van der Waals surface area contributed by atoms with Crippen molar-refractivity contribution in [3.63, 3.8) is 0 Å². The summed E-state index contributed by atoms with van der Waals surface area (Å²) >= 11 is 3.19. The molecule has 1 aromatic heterocycles. The summed E-state index contributed by atoms with van der Waals surface area (Å²) in [4.78, 5) is 16.3. The number of carbonyl (C=O) groups is 1. The quantitative estimate of drug-likeness (QED) is 0.777. The lowest BCUT2D eigenvalue weighted by atomic mass is 10.3. The zero-order chi connectivity index (χ0) is 15.1. The van der Waals surface area contributed by atoms with Crippen LogP contribution in [0.3, 0.4) is 0 Å². The molecule has 1 saturated heterocycles. The van der Waals surface area contributed by atoms with Gasteiger partial charge in [-0.15, -0.1) is 0 Å². The normalized spacial score (nSPS) is 15.6. The highest BCUT2D eigenvalue weighted by Crippen LogP contribution is 2.16. The van der Waals surface area contributed by atoms with Crippen LogP contribution in [0, 0.1) is 11.3 Å². The van der Waals surface area contributed by atoms with Crippen molar-refractivity contribution in [1.29, 1.82) is 5.26 Å². The number of rotatable bonds is 6. The number of ether oxygens (including phenoxy) is 1. The van der Waals surface area contributed by atoms with E-state index in [1.165, 1.54) is 0 Å². The molecule has 2 heterocycles. The number of hydrogen-bond donors (Lipinski definition) is 0. The molecule has 7 heteroatoms.